The van der Waals surface area contributed by atoms with Gasteiger partial charge in [-0.25, -0.2) is 0 Å². The lowest BCUT2D eigenvalue weighted by molar-refractivity contribution is -0.150. The van der Waals surface area contributed by atoms with Gasteiger partial charge in [0.15, 0.2) is 0 Å². The zero-order chi connectivity index (χ0) is 20.7. The van der Waals surface area contributed by atoms with E-state index in [1.807, 2.05) is 13.0 Å². The van der Waals surface area contributed by atoms with Crippen LogP contribution in [0.15, 0.2) is 46.6 Å². The topological polar surface area (TPSA) is 63.6 Å². The molecule has 0 aliphatic rings. The zero-order valence-electron chi connectivity index (χ0n) is 17.6. The van der Waals surface area contributed by atoms with Gasteiger partial charge in [0.25, 0.3) is 0 Å². The van der Waals surface area contributed by atoms with Crippen molar-refractivity contribution in [3.05, 3.63) is 46.6 Å². The van der Waals surface area contributed by atoms with Crippen LogP contribution in [0, 0.1) is 0 Å². The van der Waals surface area contributed by atoms with Crippen LogP contribution in [0.2, 0.25) is 0 Å². The molecule has 0 unspecified atom stereocenters. The molecule has 0 heterocycles. The Morgan fingerprint density at radius 2 is 1.19 bits per heavy atom. The Morgan fingerprint density at radius 1 is 0.741 bits per heavy atom. The van der Waals surface area contributed by atoms with Crippen LogP contribution in [0.3, 0.4) is 0 Å². The largest absolute Gasteiger partial charge is 0.481 e. The number of esters is 1. The molecular formula is C23H36O4. The fraction of sp³-hybridized carbons (Fsp3) is 0.565. The number of hydrogen-bond acceptors (Lipinski definition) is 3. The normalized spacial score (nSPS) is 12.7. The van der Waals surface area contributed by atoms with Gasteiger partial charge in [-0.3, -0.25) is 9.59 Å². The van der Waals surface area contributed by atoms with Gasteiger partial charge in [0.2, 0.25) is 0 Å². The molecule has 4 nitrogen and oxygen atoms in total. The van der Waals surface area contributed by atoms with Crippen molar-refractivity contribution in [2.24, 2.45) is 0 Å². The minimum atomic E-state index is -1.17. The maximum Gasteiger partial charge on any atom is 0.317 e. The minimum absolute atomic E-state index is 0.136. The molecule has 0 aliphatic heterocycles. The molecule has 0 spiro atoms. The molecule has 0 radical (unpaired) electrons. The third-order valence-corrected chi connectivity index (χ3v) is 4.13. The van der Waals surface area contributed by atoms with Crippen LogP contribution in [0.5, 0.6) is 0 Å². The van der Waals surface area contributed by atoms with Gasteiger partial charge in [0, 0.05) is 0 Å². The van der Waals surface area contributed by atoms with E-state index in [1.165, 1.54) is 16.7 Å². The van der Waals surface area contributed by atoms with Gasteiger partial charge < -0.3 is 9.84 Å². The number of allylic oxidation sites excluding steroid dienone is 7. The first kappa shape index (κ1) is 24.9. The Morgan fingerprint density at radius 3 is 1.63 bits per heavy atom. The van der Waals surface area contributed by atoms with E-state index in [2.05, 4.69) is 45.9 Å². The van der Waals surface area contributed by atoms with Crippen LogP contribution in [-0.4, -0.2) is 23.7 Å². The van der Waals surface area contributed by atoms with Crippen LogP contribution in [-0.2, 0) is 14.3 Å². The second kappa shape index (κ2) is 15.0. The molecule has 0 saturated carbocycles. The monoisotopic (exact) mass is 376 g/mol. The summed E-state index contributed by atoms with van der Waals surface area (Å²) in [5.41, 5.74) is 5.36. The molecule has 0 aromatic carbocycles. The first-order valence-electron chi connectivity index (χ1n) is 9.68. The maximum absolute atomic E-state index is 11.1. The number of hydrogen-bond donors (Lipinski definition) is 1. The second-order valence-electron chi connectivity index (χ2n) is 7.30. The second-order valence-corrected chi connectivity index (χ2v) is 7.30. The molecule has 0 amide bonds. The Bertz CT molecular complexity index is 587. The zero-order valence-corrected chi connectivity index (χ0v) is 17.6. The van der Waals surface area contributed by atoms with Crippen LogP contribution < -0.4 is 0 Å². The molecule has 152 valence electrons. The molecule has 4 heteroatoms. The summed E-state index contributed by atoms with van der Waals surface area (Å²) in [5, 5.41) is 8.48. The van der Waals surface area contributed by atoms with E-state index in [0.717, 1.165) is 44.1 Å². The van der Waals surface area contributed by atoms with Gasteiger partial charge in [-0.15, -0.1) is 0 Å². The molecule has 0 aliphatic carbocycles. The van der Waals surface area contributed by atoms with E-state index in [-0.39, 0.29) is 6.61 Å². The van der Waals surface area contributed by atoms with Crippen LogP contribution in [0.25, 0.3) is 0 Å². The molecule has 0 bridgehead atoms. The Kier molecular flexibility index (Phi) is 13.8. The van der Waals surface area contributed by atoms with Crippen molar-refractivity contribution < 1.29 is 19.4 Å². The van der Waals surface area contributed by atoms with Gasteiger partial charge in [-0.2, -0.15) is 0 Å². The van der Waals surface area contributed by atoms with Crippen molar-refractivity contribution in [1.82, 2.24) is 0 Å². The lowest BCUT2D eigenvalue weighted by Gasteiger charge is -2.03. The van der Waals surface area contributed by atoms with Crippen molar-refractivity contribution in [2.45, 2.75) is 79.6 Å². The van der Waals surface area contributed by atoms with E-state index >= 15 is 0 Å². The van der Waals surface area contributed by atoms with Crippen LogP contribution in [0.4, 0.5) is 0 Å². The van der Waals surface area contributed by atoms with Crippen molar-refractivity contribution in [3.8, 4) is 0 Å². The van der Waals surface area contributed by atoms with E-state index < -0.39 is 18.4 Å². The Balaban J connectivity index is 4.03. The SMILES string of the molecule is CC(C)=CCCC(C)=CCCC(C)=CCCC(C)=CCOC(=O)CC(=O)O. The van der Waals surface area contributed by atoms with Gasteiger partial charge in [0.05, 0.1) is 0 Å². The summed E-state index contributed by atoms with van der Waals surface area (Å²) in [4.78, 5) is 21.5. The van der Waals surface area contributed by atoms with Gasteiger partial charge in [-0.05, 0) is 79.2 Å². The summed E-state index contributed by atoms with van der Waals surface area (Å²) >= 11 is 0. The average Bonchev–Trinajstić information content (AvgIpc) is 2.53. The quantitative estimate of drug-likeness (QED) is 0.238. The molecule has 1 N–H and O–H groups in total. The highest BCUT2D eigenvalue weighted by Gasteiger charge is 2.07. The summed E-state index contributed by atoms with van der Waals surface area (Å²) < 4.78 is 4.85. The third kappa shape index (κ3) is 17.1. The van der Waals surface area contributed by atoms with Crippen LogP contribution in [0.1, 0.15) is 79.6 Å². The summed E-state index contributed by atoms with van der Waals surface area (Å²) in [6, 6.07) is 0. The summed E-state index contributed by atoms with van der Waals surface area (Å²) in [7, 11) is 0. The van der Waals surface area contributed by atoms with E-state index in [0.29, 0.717) is 0 Å². The molecule has 0 atom stereocenters. The van der Waals surface area contributed by atoms with Crippen molar-refractivity contribution >= 4 is 11.9 Å². The molecule has 0 fully saturated rings. The fourth-order valence-electron chi connectivity index (χ4n) is 2.44. The van der Waals surface area contributed by atoms with Crippen molar-refractivity contribution in [1.29, 1.82) is 0 Å². The molecule has 0 aromatic rings. The van der Waals surface area contributed by atoms with E-state index in [9.17, 15) is 9.59 Å². The summed E-state index contributed by atoms with van der Waals surface area (Å²) in [5.74, 6) is -1.87. The lowest BCUT2D eigenvalue weighted by atomic mass is 10.0. The number of carbonyl (C=O) groups excluding carboxylic acids is 1. The highest BCUT2D eigenvalue weighted by molar-refractivity contribution is 5.90. The highest BCUT2D eigenvalue weighted by atomic mass is 16.5. The Labute approximate surface area is 164 Å². The van der Waals surface area contributed by atoms with Crippen molar-refractivity contribution in [3.63, 3.8) is 0 Å². The van der Waals surface area contributed by atoms with Gasteiger partial charge in [0.1, 0.15) is 13.0 Å². The fourth-order valence-corrected chi connectivity index (χ4v) is 2.44. The number of ether oxygens (including phenoxy) is 1. The number of carboxylic acids is 1. The standard InChI is InChI=1S/C23H36O4/c1-18(2)9-6-10-19(3)11-7-12-20(4)13-8-14-21(5)15-16-27-23(26)17-22(24)25/h9,11,13,15H,6-8,10,12,14,16-17H2,1-5H3,(H,24,25). The number of aliphatic carboxylic acids is 1. The molecular weight excluding hydrogens is 340 g/mol. The first-order valence-corrected chi connectivity index (χ1v) is 9.68. The molecule has 0 rings (SSSR count). The number of carbonyl (C=O) groups is 2. The molecule has 27 heavy (non-hydrogen) atoms. The van der Waals surface area contributed by atoms with Gasteiger partial charge >= 0.3 is 11.9 Å². The van der Waals surface area contributed by atoms with Gasteiger partial charge in [-0.1, -0.05) is 40.5 Å². The predicted molar refractivity (Wildman–Crippen MR) is 112 cm³/mol. The smallest absolute Gasteiger partial charge is 0.317 e. The minimum Gasteiger partial charge on any atom is -0.481 e. The predicted octanol–water partition coefficient (Wildman–Crippen LogP) is 6.15. The third-order valence-electron chi connectivity index (χ3n) is 4.13. The van der Waals surface area contributed by atoms with E-state index in [4.69, 9.17) is 9.84 Å². The number of rotatable bonds is 13. The Hall–Kier alpha value is -2.10. The summed E-state index contributed by atoms with van der Waals surface area (Å²) in [6.45, 7) is 10.8. The average molecular weight is 377 g/mol. The van der Waals surface area contributed by atoms with E-state index in [1.54, 1.807) is 0 Å². The lowest BCUT2D eigenvalue weighted by Crippen LogP contribution is -2.10. The van der Waals surface area contributed by atoms with Crippen LogP contribution >= 0.6 is 0 Å². The molecule has 0 saturated heterocycles. The summed E-state index contributed by atoms with van der Waals surface area (Å²) in [6.07, 6.45) is 14.4. The highest BCUT2D eigenvalue weighted by Crippen LogP contribution is 2.13. The number of carboxylic acid groups (broad SMARTS) is 1. The molecule has 0 aromatic heterocycles. The first-order chi connectivity index (χ1) is 12.7. The maximum atomic E-state index is 11.1. The van der Waals surface area contributed by atoms with Crippen molar-refractivity contribution in [2.75, 3.05) is 6.61 Å².